The van der Waals surface area contributed by atoms with Gasteiger partial charge in [0.05, 0.1) is 18.8 Å². The number of carbonyl (C=O) groups excluding carboxylic acids is 1. The van der Waals surface area contributed by atoms with Crippen LogP contribution in [0.25, 0.3) is 0 Å². The molecule has 1 N–H and O–H groups in total. The number of halogens is 3. The molecule has 0 fully saturated rings. The number of alkyl carbamates (subject to hydrolysis) is 1. The zero-order valence-electron chi connectivity index (χ0n) is 14.1. The van der Waals surface area contributed by atoms with Crippen molar-refractivity contribution in [3.05, 3.63) is 23.3 Å². The van der Waals surface area contributed by atoms with Crippen LogP contribution in [0.15, 0.2) is 6.07 Å². The minimum absolute atomic E-state index is 0.0408. The van der Waals surface area contributed by atoms with Gasteiger partial charge < -0.3 is 10.1 Å². The maximum absolute atomic E-state index is 12.8. The fourth-order valence-electron chi connectivity index (χ4n) is 1.96. The van der Waals surface area contributed by atoms with Crippen molar-refractivity contribution >= 4 is 6.09 Å². The Bertz CT molecular complexity index is 746. The van der Waals surface area contributed by atoms with E-state index in [1.54, 1.807) is 20.8 Å². The van der Waals surface area contributed by atoms with Gasteiger partial charge in [-0.05, 0) is 37.3 Å². The lowest BCUT2D eigenvalue weighted by molar-refractivity contribution is -0.143. The Hall–Kier alpha value is -2.66. The van der Waals surface area contributed by atoms with E-state index in [4.69, 9.17) is 4.74 Å². The SMILES string of the molecule is Cn1nc(Cn2nnnc2CNC(=O)OC(C)(C)C)cc1C(F)(F)F. The first-order chi connectivity index (χ1) is 11.5. The molecule has 0 saturated heterocycles. The van der Waals surface area contributed by atoms with E-state index in [0.717, 1.165) is 10.7 Å². The Morgan fingerprint density at radius 2 is 2.00 bits per heavy atom. The molecule has 0 aromatic carbocycles. The van der Waals surface area contributed by atoms with Crippen LogP contribution in [0.2, 0.25) is 0 Å². The minimum atomic E-state index is -4.50. The van der Waals surface area contributed by atoms with Crippen LogP contribution < -0.4 is 5.32 Å². The summed E-state index contributed by atoms with van der Waals surface area (Å²) in [5.74, 6) is 0.255. The summed E-state index contributed by atoms with van der Waals surface area (Å²) in [6.45, 7) is 5.05. The van der Waals surface area contributed by atoms with E-state index >= 15 is 0 Å². The van der Waals surface area contributed by atoms with Crippen LogP contribution in [-0.4, -0.2) is 41.7 Å². The topological polar surface area (TPSA) is 99.8 Å². The van der Waals surface area contributed by atoms with Gasteiger partial charge in [-0.3, -0.25) is 4.68 Å². The van der Waals surface area contributed by atoms with Gasteiger partial charge in [0, 0.05) is 7.05 Å². The molecule has 0 saturated carbocycles. The van der Waals surface area contributed by atoms with Crippen molar-refractivity contribution in [2.45, 2.75) is 45.6 Å². The van der Waals surface area contributed by atoms with Crippen molar-refractivity contribution in [3.8, 4) is 0 Å². The summed E-state index contributed by atoms with van der Waals surface area (Å²) in [6.07, 6.45) is -5.15. The number of nitrogens with one attached hydrogen (secondary N) is 1. The molecule has 25 heavy (non-hydrogen) atoms. The molecule has 9 nitrogen and oxygen atoms in total. The molecule has 0 bridgehead atoms. The molecule has 12 heteroatoms. The maximum atomic E-state index is 12.8. The molecule has 0 aliphatic rings. The second kappa shape index (κ2) is 6.69. The van der Waals surface area contributed by atoms with E-state index < -0.39 is 23.6 Å². The van der Waals surface area contributed by atoms with Crippen LogP contribution in [0.4, 0.5) is 18.0 Å². The number of ether oxygens (including phenoxy) is 1. The zero-order chi connectivity index (χ0) is 18.8. The third-order valence-electron chi connectivity index (χ3n) is 2.93. The summed E-state index contributed by atoms with van der Waals surface area (Å²) >= 11 is 0. The van der Waals surface area contributed by atoms with Crippen LogP contribution in [-0.2, 0) is 31.1 Å². The van der Waals surface area contributed by atoms with Crippen molar-refractivity contribution in [1.82, 2.24) is 35.3 Å². The van der Waals surface area contributed by atoms with Crippen molar-refractivity contribution in [2.75, 3.05) is 0 Å². The van der Waals surface area contributed by atoms with E-state index in [2.05, 4.69) is 25.9 Å². The number of rotatable bonds is 4. The highest BCUT2D eigenvalue weighted by molar-refractivity contribution is 5.67. The van der Waals surface area contributed by atoms with Crippen LogP contribution in [0.3, 0.4) is 0 Å². The third-order valence-corrected chi connectivity index (χ3v) is 2.93. The number of amides is 1. The Balaban J connectivity index is 2.04. The first-order valence-corrected chi connectivity index (χ1v) is 7.28. The van der Waals surface area contributed by atoms with E-state index in [-0.39, 0.29) is 24.6 Å². The molecule has 2 heterocycles. The number of hydrogen-bond acceptors (Lipinski definition) is 6. The van der Waals surface area contributed by atoms with Crippen molar-refractivity contribution in [2.24, 2.45) is 7.05 Å². The van der Waals surface area contributed by atoms with Crippen LogP contribution >= 0.6 is 0 Å². The highest BCUT2D eigenvalue weighted by atomic mass is 19.4. The molecule has 0 spiro atoms. The Kier molecular flexibility index (Phi) is 4.99. The molecule has 2 aromatic heterocycles. The number of alkyl halides is 3. The van der Waals surface area contributed by atoms with Gasteiger partial charge in [0.25, 0.3) is 0 Å². The summed E-state index contributed by atoms with van der Waals surface area (Å²) in [6, 6.07) is 0.923. The van der Waals surface area contributed by atoms with Gasteiger partial charge in [0.1, 0.15) is 11.3 Å². The Morgan fingerprint density at radius 1 is 1.32 bits per heavy atom. The molecule has 2 rings (SSSR count). The van der Waals surface area contributed by atoms with Crippen LogP contribution in [0, 0.1) is 0 Å². The second-order valence-corrected chi connectivity index (χ2v) is 6.25. The first-order valence-electron chi connectivity index (χ1n) is 7.28. The van der Waals surface area contributed by atoms with E-state index in [1.807, 2.05) is 0 Å². The number of nitrogens with zero attached hydrogens (tertiary/aromatic N) is 6. The number of tetrazole rings is 1. The van der Waals surface area contributed by atoms with Gasteiger partial charge >= 0.3 is 12.3 Å². The smallest absolute Gasteiger partial charge is 0.433 e. The van der Waals surface area contributed by atoms with Crippen LogP contribution in [0.1, 0.15) is 38.0 Å². The summed E-state index contributed by atoms with van der Waals surface area (Å²) < 4.78 is 45.5. The minimum Gasteiger partial charge on any atom is -0.444 e. The Morgan fingerprint density at radius 3 is 2.56 bits per heavy atom. The van der Waals surface area contributed by atoms with Crippen LogP contribution in [0.5, 0.6) is 0 Å². The quantitative estimate of drug-likeness (QED) is 0.886. The molecular weight excluding hydrogens is 343 g/mol. The van der Waals surface area contributed by atoms with Crippen molar-refractivity contribution in [1.29, 1.82) is 0 Å². The fraction of sp³-hybridized carbons (Fsp3) is 0.615. The zero-order valence-corrected chi connectivity index (χ0v) is 14.1. The average Bonchev–Trinajstić information content (AvgIpc) is 3.01. The summed E-state index contributed by atoms with van der Waals surface area (Å²) in [7, 11) is 1.21. The molecule has 0 atom stereocenters. The molecule has 1 amide bonds. The fourth-order valence-corrected chi connectivity index (χ4v) is 1.96. The predicted molar refractivity (Wildman–Crippen MR) is 78.2 cm³/mol. The normalized spacial score (nSPS) is 12.3. The van der Waals surface area contributed by atoms with Gasteiger partial charge in [0.2, 0.25) is 0 Å². The third kappa shape index (κ3) is 5.16. The average molecular weight is 361 g/mol. The molecule has 2 aromatic rings. The number of hydrogen-bond donors (Lipinski definition) is 1. The van der Waals surface area contributed by atoms with E-state index in [0.29, 0.717) is 0 Å². The van der Waals surface area contributed by atoms with Gasteiger partial charge in [-0.1, -0.05) is 0 Å². The molecule has 138 valence electrons. The lowest BCUT2D eigenvalue weighted by Crippen LogP contribution is -2.32. The number of aryl methyl sites for hydroxylation is 1. The first kappa shape index (κ1) is 18.7. The highest BCUT2D eigenvalue weighted by Gasteiger charge is 2.35. The van der Waals surface area contributed by atoms with E-state index in [1.165, 1.54) is 11.7 Å². The van der Waals surface area contributed by atoms with Gasteiger partial charge in [-0.15, -0.1) is 5.10 Å². The van der Waals surface area contributed by atoms with Gasteiger partial charge in [-0.2, -0.15) is 18.3 Å². The summed E-state index contributed by atoms with van der Waals surface area (Å²) in [5.41, 5.74) is -1.39. The van der Waals surface area contributed by atoms with Crippen molar-refractivity contribution in [3.63, 3.8) is 0 Å². The second-order valence-electron chi connectivity index (χ2n) is 6.25. The molecule has 0 aliphatic heterocycles. The van der Waals surface area contributed by atoms with E-state index in [9.17, 15) is 18.0 Å². The standard InChI is InChI=1S/C13H18F3N7O2/c1-12(2,3)25-11(24)17-6-10-18-20-21-23(10)7-8-5-9(13(14,15)16)22(4)19-8/h5H,6-7H2,1-4H3,(H,17,24). The van der Waals surface area contributed by atoms with Gasteiger partial charge in [0.15, 0.2) is 5.82 Å². The highest BCUT2D eigenvalue weighted by Crippen LogP contribution is 2.29. The number of aromatic nitrogens is 6. The van der Waals surface area contributed by atoms with Gasteiger partial charge in [-0.25, -0.2) is 9.48 Å². The molecule has 0 unspecified atom stereocenters. The maximum Gasteiger partial charge on any atom is 0.433 e. The number of carbonyl (C=O) groups is 1. The lowest BCUT2D eigenvalue weighted by Gasteiger charge is -2.19. The summed E-state index contributed by atoms with van der Waals surface area (Å²) in [4.78, 5) is 11.6. The monoisotopic (exact) mass is 361 g/mol. The molecule has 0 aliphatic carbocycles. The predicted octanol–water partition coefficient (Wildman–Crippen LogP) is 1.50. The molecule has 0 radical (unpaired) electrons. The molecular formula is C13H18F3N7O2. The Labute approximate surface area is 141 Å². The largest absolute Gasteiger partial charge is 0.444 e. The lowest BCUT2D eigenvalue weighted by atomic mass is 10.2. The van der Waals surface area contributed by atoms with Crippen molar-refractivity contribution < 1.29 is 22.7 Å². The summed E-state index contributed by atoms with van der Waals surface area (Å²) in [5, 5.41) is 17.2.